The molecule has 0 aromatic heterocycles. The summed E-state index contributed by atoms with van der Waals surface area (Å²) in [6, 6.07) is 18.0. The summed E-state index contributed by atoms with van der Waals surface area (Å²) in [5.74, 6) is 2.63. The summed E-state index contributed by atoms with van der Waals surface area (Å²) in [7, 11) is 1.76. The predicted octanol–water partition coefficient (Wildman–Crippen LogP) is 4.69. The van der Waals surface area contributed by atoms with E-state index in [2.05, 4.69) is 79.7 Å². The molecule has 2 aromatic rings. The van der Waals surface area contributed by atoms with E-state index < -0.39 is 0 Å². The van der Waals surface area contributed by atoms with Crippen molar-refractivity contribution in [2.75, 3.05) is 13.7 Å². The van der Waals surface area contributed by atoms with Gasteiger partial charge in [0.15, 0.2) is 0 Å². The van der Waals surface area contributed by atoms with Gasteiger partial charge >= 0.3 is 0 Å². The molecule has 1 heterocycles. The van der Waals surface area contributed by atoms with Crippen LogP contribution in [0.4, 0.5) is 0 Å². The number of benzene rings is 2. The number of rotatable bonds is 5. The number of nitrogens with one attached hydrogen (secondary N) is 1. The summed E-state index contributed by atoms with van der Waals surface area (Å²) in [6.45, 7) is 8.71. The number of nitrogens with zero attached hydrogens (tertiary/aromatic N) is 1. The molecule has 0 spiro atoms. The maximum absolute atomic E-state index is 5.61. The lowest BCUT2D eigenvalue weighted by atomic mass is 9.86. The molecule has 0 unspecified atom stereocenters. The van der Waals surface area contributed by atoms with Crippen LogP contribution < -0.4 is 10.2 Å². The summed E-state index contributed by atoms with van der Waals surface area (Å²) < 4.78 is 5.61. The Bertz CT molecular complexity index is 766. The maximum atomic E-state index is 5.61. The van der Waals surface area contributed by atoms with Crippen LogP contribution in [-0.4, -0.2) is 18.7 Å². The summed E-state index contributed by atoms with van der Waals surface area (Å²) >= 11 is 0. The van der Waals surface area contributed by atoms with Crippen molar-refractivity contribution in [3.05, 3.63) is 65.2 Å². The van der Waals surface area contributed by atoms with E-state index in [0.29, 0.717) is 6.04 Å². The first kappa shape index (κ1) is 17.6. The van der Waals surface area contributed by atoms with E-state index in [9.17, 15) is 0 Å². The molecule has 1 saturated heterocycles. The number of ether oxygens (including phenoxy) is 1. The van der Waals surface area contributed by atoms with Gasteiger partial charge < -0.3 is 4.74 Å². The largest absolute Gasteiger partial charge is 0.496 e. The Hall–Kier alpha value is -1.84. The molecule has 1 saturated carbocycles. The van der Waals surface area contributed by atoms with Crippen LogP contribution >= 0.6 is 0 Å². The average molecular weight is 351 g/mol. The molecule has 3 heteroatoms. The molecule has 4 rings (SSSR count). The molecule has 1 N–H and O–H groups in total. The summed E-state index contributed by atoms with van der Waals surface area (Å²) in [5.41, 5.74) is 7.86. The quantitative estimate of drug-likeness (QED) is 0.846. The van der Waals surface area contributed by atoms with Gasteiger partial charge in [0.25, 0.3) is 0 Å². The third-order valence-corrected chi connectivity index (χ3v) is 5.91. The number of hydrogen-bond acceptors (Lipinski definition) is 3. The van der Waals surface area contributed by atoms with Gasteiger partial charge in [-0.2, -0.15) is 0 Å². The fourth-order valence-corrected chi connectivity index (χ4v) is 4.28. The molecule has 2 aliphatic rings. The summed E-state index contributed by atoms with van der Waals surface area (Å²) in [6.07, 6.45) is 1.38. The standard InChI is InChI=1S/C23H30N2O/c1-23(2,3)19-10-11-21(26-4)17(12-19)14-24-25-15-18-13-20(18)22(25)16-8-6-5-7-9-16/h5-12,18,20,22,24H,13-15H2,1-4H3/t18-,20-,22-/m1/s1. The van der Waals surface area contributed by atoms with Crippen molar-refractivity contribution in [2.24, 2.45) is 11.8 Å². The van der Waals surface area contributed by atoms with E-state index in [1.165, 1.54) is 23.1 Å². The zero-order chi connectivity index (χ0) is 18.3. The Morgan fingerprint density at radius 1 is 1.12 bits per heavy atom. The summed E-state index contributed by atoms with van der Waals surface area (Å²) in [5, 5.41) is 2.46. The zero-order valence-corrected chi connectivity index (χ0v) is 16.3. The van der Waals surface area contributed by atoms with E-state index in [0.717, 1.165) is 30.7 Å². The van der Waals surface area contributed by atoms with Crippen LogP contribution in [0.15, 0.2) is 48.5 Å². The van der Waals surface area contributed by atoms with Crippen molar-refractivity contribution in [3.8, 4) is 5.75 Å². The molecule has 1 aliphatic carbocycles. The molecule has 2 fully saturated rings. The Morgan fingerprint density at radius 2 is 1.88 bits per heavy atom. The number of fused-ring (bicyclic) bond motifs is 1. The van der Waals surface area contributed by atoms with E-state index >= 15 is 0 Å². The molecular weight excluding hydrogens is 320 g/mol. The zero-order valence-electron chi connectivity index (χ0n) is 16.3. The van der Waals surface area contributed by atoms with Gasteiger partial charge in [-0.25, -0.2) is 5.01 Å². The van der Waals surface area contributed by atoms with Crippen molar-refractivity contribution >= 4 is 0 Å². The minimum absolute atomic E-state index is 0.142. The van der Waals surface area contributed by atoms with Gasteiger partial charge in [0.05, 0.1) is 13.2 Å². The number of piperidine rings is 1. The first-order valence-corrected chi connectivity index (χ1v) is 9.70. The summed E-state index contributed by atoms with van der Waals surface area (Å²) in [4.78, 5) is 0. The fraction of sp³-hybridized carbons (Fsp3) is 0.478. The highest BCUT2D eigenvalue weighted by molar-refractivity contribution is 5.39. The first-order chi connectivity index (χ1) is 12.5. The smallest absolute Gasteiger partial charge is 0.123 e. The van der Waals surface area contributed by atoms with Crippen LogP contribution in [-0.2, 0) is 12.0 Å². The Balaban J connectivity index is 1.52. The Morgan fingerprint density at radius 3 is 2.58 bits per heavy atom. The molecule has 26 heavy (non-hydrogen) atoms. The SMILES string of the molecule is COc1ccc(C(C)(C)C)cc1CNN1C[C@H]2C[C@H]2[C@H]1c1ccccc1. The van der Waals surface area contributed by atoms with Gasteiger partial charge in [0.1, 0.15) is 5.75 Å². The van der Waals surface area contributed by atoms with Crippen LogP contribution in [0.3, 0.4) is 0 Å². The molecule has 0 bridgehead atoms. The van der Waals surface area contributed by atoms with Crippen molar-refractivity contribution in [2.45, 2.75) is 45.2 Å². The topological polar surface area (TPSA) is 24.5 Å². The fourth-order valence-electron chi connectivity index (χ4n) is 4.28. The lowest BCUT2D eigenvalue weighted by Gasteiger charge is -2.29. The van der Waals surface area contributed by atoms with Gasteiger partial charge in [-0.3, -0.25) is 5.43 Å². The lowest BCUT2D eigenvalue weighted by molar-refractivity contribution is 0.139. The van der Waals surface area contributed by atoms with Crippen LogP contribution in [0.2, 0.25) is 0 Å². The van der Waals surface area contributed by atoms with Crippen molar-refractivity contribution < 1.29 is 4.74 Å². The maximum Gasteiger partial charge on any atom is 0.123 e. The van der Waals surface area contributed by atoms with Gasteiger partial charge in [0, 0.05) is 18.7 Å². The molecule has 138 valence electrons. The first-order valence-electron chi connectivity index (χ1n) is 9.70. The van der Waals surface area contributed by atoms with Crippen molar-refractivity contribution in [1.29, 1.82) is 0 Å². The number of methoxy groups -OCH3 is 1. The van der Waals surface area contributed by atoms with Crippen molar-refractivity contribution in [1.82, 2.24) is 10.4 Å². The highest BCUT2D eigenvalue weighted by Gasteiger charge is 2.52. The van der Waals surface area contributed by atoms with Gasteiger partial charge in [0.2, 0.25) is 0 Å². The van der Waals surface area contributed by atoms with Crippen LogP contribution in [0.25, 0.3) is 0 Å². The Labute approximate surface area is 157 Å². The highest BCUT2D eigenvalue weighted by Crippen LogP contribution is 2.55. The van der Waals surface area contributed by atoms with E-state index in [1.54, 1.807) is 7.11 Å². The highest BCUT2D eigenvalue weighted by atomic mass is 16.5. The Kier molecular flexibility index (Phi) is 4.54. The molecule has 3 nitrogen and oxygen atoms in total. The van der Waals surface area contributed by atoms with Crippen LogP contribution in [0, 0.1) is 11.8 Å². The van der Waals surface area contributed by atoms with Crippen molar-refractivity contribution in [3.63, 3.8) is 0 Å². The second kappa shape index (κ2) is 6.71. The van der Waals surface area contributed by atoms with Crippen LogP contribution in [0.1, 0.15) is 49.9 Å². The van der Waals surface area contributed by atoms with Crippen LogP contribution in [0.5, 0.6) is 5.75 Å². The number of hydrazine groups is 1. The van der Waals surface area contributed by atoms with Gasteiger partial charge in [-0.15, -0.1) is 0 Å². The molecule has 0 radical (unpaired) electrons. The molecule has 2 aromatic carbocycles. The minimum atomic E-state index is 0.142. The van der Waals surface area contributed by atoms with E-state index in [-0.39, 0.29) is 5.41 Å². The van der Waals surface area contributed by atoms with Gasteiger partial charge in [-0.05, 0) is 40.9 Å². The normalized spacial score (nSPS) is 25.2. The second-order valence-corrected chi connectivity index (χ2v) is 8.78. The number of hydrogen-bond donors (Lipinski definition) is 1. The van der Waals surface area contributed by atoms with E-state index in [1.807, 2.05) is 0 Å². The monoisotopic (exact) mass is 350 g/mol. The molecule has 3 atom stereocenters. The minimum Gasteiger partial charge on any atom is -0.496 e. The molecule has 1 aliphatic heterocycles. The molecule has 0 amide bonds. The van der Waals surface area contributed by atoms with Gasteiger partial charge in [-0.1, -0.05) is 63.2 Å². The lowest BCUT2D eigenvalue weighted by Crippen LogP contribution is -2.39. The third kappa shape index (κ3) is 3.38. The van der Waals surface area contributed by atoms with E-state index in [4.69, 9.17) is 4.74 Å². The average Bonchev–Trinajstić information content (AvgIpc) is 3.30. The second-order valence-electron chi connectivity index (χ2n) is 8.78. The molecular formula is C23H30N2O. The predicted molar refractivity (Wildman–Crippen MR) is 106 cm³/mol. The third-order valence-electron chi connectivity index (χ3n) is 5.91.